The highest BCUT2D eigenvalue weighted by Gasteiger charge is 2.27. The molecule has 0 spiro atoms. The van der Waals surface area contributed by atoms with E-state index in [2.05, 4.69) is 10.3 Å². The van der Waals surface area contributed by atoms with Gasteiger partial charge < -0.3 is 5.32 Å². The van der Waals surface area contributed by atoms with Gasteiger partial charge in [0.1, 0.15) is 0 Å². The van der Waals surface area contributed by atoms with Crippen LogP contribution >= 0.6 is 11.3 Å². The van der Waals surface area contributed by atoms with Crippen LogP contribution in [-0.4, -0.2) is 42.5 Å². The first-order chi connectivity index (χ1) is 8.08. The molecule has 0 aromatic carbocycles. The van der Waals surface area contributed by atoms with Crippen molar-refractivity contribution in [3.63, 3.8) is 0 Å². The third kappa shape index (κ3) is 3.24. The first kappa shape index (κ1) is 12.5. The van der Waals surface area contributed by atoms with Crippen LogP contribution in [0, 0.1) is 0 Å². The number of aromatic nitrogens is 1. The van der Waals surface area contributed by atoms with Crippen LogP contribution < -0.4 is 5.32 Å². The van der Waals surface area contributed by atoms with Crippen LogP contribution in [0.15, 0.2) is 11.6 Å². The molecular formula is C9H13N3O3S2. The number of nitrogens with zero attached hydrogens (tertiary/aromatic N) is 2. The van der Waals surface area contributed by atoms with Crippen molar-refractivity contribution in [3.05, 3.63) is 11.6 Å². The van der Waals surface area contributed by atoms with Gasteiger partial charge in [-0.25, -0.2) is 13.4 Å². The molecule has 1 amide bonds. The van der Waals surface area contributed by atoms with Gasteiger partial charge in [0.25, 0.3) is 0 Å². The second-order valence-corrected chi connectivity index (χ2v) is 6.73. The summed E-state index contributed by atoms with van der Waals surface area (Å²) in [5.74, 6) is -0.206. The first-order valence-corrected chi connectivity index (χ1v) is 7.74. The average Bonchev–Trinajstić information content (AvgIpc) is 2.73. The highest BCUT2D eigenvalue weighted by Crippen LogP contribution is 2.14. The molecule has 2 heterocycles. The predicted molar refractivity (Wildman–Crippen MR) is 65.3 cm³/mol. The number of hydrogen-bond acceptors (Lipinski definition) is 5. The van der Waals surface area contributed by atoms with Gasteiger partial charge in [-0.2, -0.15) is 4.31 Å². The molecular weight excluding hydrogens is 262 g/mol. The highest BCUT2D eigenvalue weighted by molar-refractivity contribution is 7.89. The van der Waals surface area contributed by atoms with Gasteiger partial charge in [-0.3, -0.25) is 4.79 Å². The standard InChI is InChI=1S/C9H13N3O3S2/c13-8(11-9-10-3-5-16-9)7-12-4-1-2-6-17(12,14)15/h3,5H,1-2,4,6-7H2,(H,10,11,13). The SMILES string of the molecule is O=C(CN1CCCCS1(=O)=O)Nc1nccs1. The Morgan fingerprint density at radius 2 is 2.35 bits per heavy atom. The van der Waals surface area contributed by atoms with Gasteiger partial charge in [-0.15, -0.1) is 11.3 Å². The average molecular weight is 275 g/mol. The molecule has 1 aromatic heterocycles. The fourth-order valence-corrected chi connectivity index (χ4v) is 3.72. The lowest BCUT2D eigenvalue weighted by Gasteiger charge is -2.25. The molecule has 0 unspecified atom stereocenters. The van der Waals surface area contributed by atoms with E-state index in [0.717, 1.165) is 6.42 Å². The largest absolute Gasteiger partial charge is 0.301 e. The van der Waals surface area contributed by atoms with E-state index >= 15 is 0 Å². The van der Waals surface area contributed by atoms with E-state index in [1.807, 2.05) is 0 Å². The summed E-state index contributed by atoms with van der Waals surface area (Å²) in [6, 6.07) is 0. The molecule has 0 aliphatic carbocycles. The minimum atomic E-state index is -3.24. The molecule has 1 N–H and O–H groups in total. The van der Waals surface area contributed by atoms with Gasteiger partial charge >= 0.3 is 0 Å². The van der Waals surface area contributed by atoms with Gasteiger partial charge in [0.2, 0.25) is 15.9 Å². The van der Waals surface area contributed by atoms with Crippen LogP contribution in [0.1, 0.15) is 12.8 Å². The maximum atomic E-state index is 11.7. The molecule has 0 bridgehead atoms. The summed E-state index contributed by atoms with van der Waals surface area (Å²) in [6.45, 7) is 0.301. The molecule has 1 fully saturated rings. The zero-order valence-electron chi connectivity index (χ0n) is 9.13. The third-order valence-corrected chi connectivity index (χ3v) is 5.04. The molecule has 0 radical (unpaired) electrons. The zero-order chi connectivity index (χ0) is 12.3. The summed E-state index contributed by atoms with van der Waals surface area (Å²) in [4.78, 5) is 15.5. The molecule has 94 valence electrons. The van der Waals surface area contributed by atoms with Gasteiger partial charge in [0, 0.05) is 18.1 Å². The van der Waals surface area contributed by atoms with E-state index in [0.29, 0.717) is 18.1 Å². The molecule has 8 heteroatoms. The van der Waals surface area contributed by atoms with Crippen molar-refractivity contribution in [1.29, 1.82) is 0 Å². The quantitative estimate of drug-likeness (QED) is 0.871. The van der Waals surface area contributed by atoms with E-state index in [4.69, 9.17) is 0 Å². The third-order valence-electron chi connectivity index (χ3n) is 2.45. The summed E-state index contributed by atoms with van der Waals surface area (Å²) in [7, 11) is -3.24. The maximum Gasteiger partial charge on any atom is 0.241 e. The Balaban J connectivity index is 1.94. The van der Waals surface area contributed by atoms with Crippen LogP contribution in [0.2, 0.25) is 0 Å². The van der Waals surface area contributed by atoms with Crippen molar-refractivity contribution < 1.29 is 13.2 Å². The second kappa shape index (κ2) is 5.11. The van der Waals surface area contributed by atoms with E-state index in [1.165, 1.54) is 15.6 Å². The molecule has 17 heavy (non-hydrogen) atoms. The molecule has 1 aliphatic rings. The number of hydrogen-bond donors (Lipinski definition) is 1. The van der Waals surface area contributed by atoms with Crippen LogP contribution in [-0.2, 0) is 14.8 Å². The number of rotatable bonds is 3. The number of amides is 1. The molecule has 1 aromatic rings. The summed E-state index contributed by atoms with van der Waals surface area (Å²) in [6.07, 6.45) is 3.06. The minimum absolute atomic E-state index is 0.123. The van der Waals surface area contributed by atoms with Gasteiger partial charge in [-0.05, 0) is 12.8 Å². The predicted octanol–water partition coefficient (Wildman–Crippen LogP) is 0.507. The minimum Gasteiger partial charge on any atom is -0.301 e. The Labute approximate surface area is 104 Å². The number of carbonyl (C=O) groups excluding carboxylic acids is 1. The Morgan fingerprint density at radius 1 is 1.53 bits per heavy atom. The molecule has 2 rings (SSSR count). The smallest absolute Gasteiger partial charge is 0.241 e. The van der Waals surface area contributed by atoms with Crippen LogP contribution in [0.4, 0.5) is 5.13 Å². The topological polar surface area (TPSA) is 79.4 Å². The normalized spacial score (nSPS) is 20.0. The summed E-state index contributed by atoms with van der Waals surface area (Å²) >= 11 is 1.30. The summed E-state index contributed by atoms with van der Waals surface area (Å²) in [5, 5.41) is 4.80. The van der Waals surface area contributed by atoms with Crippen molar-refractivity contribution in [2.45, 2.75) is 12.8 Å². The fourth-order valence-electron chi connectivity index (χ4n) is 1.62. The van der Waals surface area contributed by atoms with Crippen molar-refractivity contribution in [2.75, 3.05) is 24.2 Å². The van der Waals surface area contributed by atoms with Gasteiger partial charge in [0.15, 0.2) is 5.13 Å². The Hall–Kier alpha value is -0.990. The highest BCUT2D eigenvalue weighted by atomic mass is 32.2. The van der Waals surface area contributed by atoms with Gasteiger partial charge in [-0.1, -0.05) is 0 Å². The van der Waals surface area contributed by atoms with Crippen LogP contribution in [0.5, 0.6) is 0 Å². The number of anilines is 1. The lowest BCUT2D eigenvalue weighted by atomic mass is 10.3. The van der Waals surface area contributed by atoms with E-state index in [1.54, 1.807) is 11.6 Å². The van der Waals surface area contributed by atoms with Crippen molar-refractivity contribution >= 4 is 32.4 Å². The van der Waals surface area contributed by atoms with E-state index < -0.39 is 10.0 Å². The molecule has 0 saturated carbocycles. The zero-order valence-corrected chi connectivity index (χ0v) is 10.8. The van der Waals surface area contributed by atoms with Crippen LogP contribution in [0.25, 0.3) is 0 Å². The number of carbonyl (C=O) groups is 1. The van der Waals surface area contributed by atoms with Crippen LogP contribution in [0.3, 0.4) is 0 Å². The van der Waals surface area contributed by atoms with Gasteiger partial charge in [0.05, 0.1) is 12.3 Å². The molecule has 1 saturated heterocycles. The Bertz CT molecular complexity index is 484. The van der Waals surface area contributed by atoms with E-state index in [9.17, 15) is 13.2 Å². The van der Waals surface area contributed by atoms with Crippen molar-refractivity contribution in [3.8, 4) is 0 Å². The molecule has 6 nitrogen and oxygen atoms in total. The monoisotopic (exact) mass is 275 g/mol. The lowest BCUT2D eigenvalue weighted by molar-refractivity contribution is -0.116. The van der Waals surface area contributed by atoms with Crippen molar-refractivity contribution in [2.24, 2.45) is 0 Å². The lowest BCUT2D eigenvalue weighted by Crippen LogP contribution is -2.42. The molecule has 1 aliphatic heterocycles. The fraction of sp³-hybridized carbons (Fsp3) is 0.556. The van der Waals surface area contributed by atoms with Crippen molar-refractivity contribution in [1.82, 2.24) is 9.29 Å². The first-order valence-electron chi connectivity index (χ1n) is 5.25. The van der Waals surface area contributed by atoms with E-state index in [-0.39, 0.29) is 18.2 Å². The Kier molecular flexibility index (Phi) is 3.75. The summed E-state index contributed by atoms with van der Waals surface area (Å²) < 4.78 is 24.5. The number of nitrogens with one attached hydrogen (secondary N) is 1. The Morgan fingerprint density at radius 3 is 3.00 bits per heavy atom. The summed E-state index contributed by atoms with van der Waals surface area (Å²) in [5.41, 5.74) is 0. The number of sulfonamides is 1. The maximum absolute atomic E-state index is 11.7. The number of thiazole rings is 1. The second-order valence-electron chi connectivity index (χ2n) is 3.74. The molecule has 0 atom stereocenters.